The van der Waals surface area contributed by atoms with Crippen molar-refractivity contribution in [3.8, 4) is 0 Å². The predicted molar refractivity (Wildman–Crippen MR) is 99.5 cm³/mol. The Morgan fingerprint density at radius 1 is 1.08 bits per heavy atom. The van der Waals surface area contributed by atoms with Crippen molar-refractivity contribution in [3.63, 3.8) is 0 Å². The van der Waals surface area contributed by atoms with E-state index in [0.717, 1.165) is 18.6 Å². The Bertz CT molecular complexity index is 555. The number of hydrogen-bond acceptors (Lipinski definition) is 4. The number of benzene rings is 1. The Morgan fingerprint density at radius 3 is 2.17 bits per heavy atom. The molecule has 2 aliphatic rings. The van der Waals surface area contributed by atoms with Crippen LogP contribution in [0.25, 0.3) is 0 Å². The van der Waals surface area contributed by atoms with Gasteiger partial charge in [-0.1, -0.05) is 24.3 Å². The molecule has 0 aromatic heterocycles. The Morgan fingerprint density at radius 2 is 1.67 bits per heavy atom. The van der Waals surface area contributed by atoms with E-state index in [1.54, 1.807) is 0 Å². The van der Waals surface area contributed by atoms with Crippen LogP contribution in [-0.2, 0) is 15.9 Å². The van der Waals surface area contributed by atoms with Crippen LogP contribution in [0, 0.1) is 0 Å². The largest absolute Gasteiger partial charge is 0.494 e. The summed E-state index contributed by atoms with van der Waals surface area (Å²) in [6, 6.07) is 9.41. The SMILES string of the molecule is CN(C)[C@@H]1CCN(Cc2ccc(B3OC(C)(C)C(C)(C)O3)cc2)C1. The van der Waals surface area contributed by atoms with Crippen LogP contribution in [0.5, 0.6) is 0 Å². The first kappa shape index (κ1) is 17.9. The van der Waals surface area contributed by atoms with Gasteiger partial charge >= 0.3 is 7.12 Å². The van der Waals surface area contributed by atoms with Crippen LogP contribution in [0.1, 0.15) is 39.7 Å². The van der Waals surface area contributed by atoms with E-state index in [1.807, 2.05) is 0 Å². The second-order valence-electron chi connectivity index (χ2n) is 8.47. The zero-order valence-electron chi connectivity index (χ0n) is 16.0. The first-order chi connectivity index (χ1) is 11.2. The maximum Gasteiger partial charge on any atom is 0.494 e. The Kier molecular flexibility index (Phi) is 4.82. The second-order valence-corrected chi connectivity index (χ2v) is 8.47. The van der Waals surface area contributed by atoms with E-state index < -0.39 is 0 Å². The van der Waals surface area contributed by atoms with Crippen molar-refractivity contribution in [1.82, 2.24) is 9.80 Å². The normalized spacial score (nSPS) is 26.5. The molecule has 0 unspecified atom stereocenters. The number of rotatable bonds is 4. The molecule has 4 nitrogen and oxygen atoms in total. The highest BCUT2D eigenvalue weighted by Gasteiger charge is 2.51. The zero-order valence-corrected chi connectivity index (χ0v) is 16.0. The first-order valence-electron chi connectivity index (χ1n) is 9.01. The third-order valence-corrected chi connectivity index (χ3v) is 5.89. The molecule has 1 aromatic rings. The molecule has 1 atom stereocenters. The Labute approximate surface area is 147 Å². The van der Waals surface area contributed by atoms with Crippen molar-refractivity contribution in [2.75, 3.05) is 27.2 Å². The summed E-state index contributed by atoms with van der Waals surface area (Å²) in [5.41, 5.74) is 1.89. The molecule has 2 aliphatic heterocycles. The fourth-order valence-electron chi connectivity index (χ4n) is 3.39. The number of nitrogens with zero attached hydrogens (tertiary/aromatic N) is 2. The van der Waals surface area contributed by atoms with Crippen molar-refractivity contribution >= 4 is 12.6 Å². The van der Waals surface area contributed by atoms with Crippen molar-refractivity contribution in [2.45, 2.75) is 57.9 Å². The molecule has 2 saturated heterocycles. The molecule has 0 spiro atoms. The molecule has 2 heterocycles. The third kappa shape index (κ3) is 3.55. The lowest BCUT2D eigenvalue weighted by Crippen LogP contribution is -2.41. The van der Waals surface area contributed by atoms with Gasteiger partial charge in [-0.2, -0.15) is 0 Å². The number of likely N-dealkylation sites (N-methyl/N-ethyl adjacent to an activating group) is 1. The minimum absolute atomic E-state index is 0.269. The summed E-state index contributed by atoms with van der Waals surface area (Å²) in [5.74, 6) is 0. The molecule has 1 aromatic carbocycles. The van der Waals surface area contributed by atoms with Crippen LogP contribution in [0.15, 0.2) is 24.3 Å². The van der Waals surface area contributed by atoms with Crippen LogP contribution in [0.3, 0.4) is 0 Å². The maximum atomic E-state index is 6.13. The van der Waals surface area contributed by atoms with E-state index in [4.69, 9.17) is 9.31 Å². The molecule has 24 heavy (non-hydrogen) atoms. The second kappa shape index (κ2) is 6.45. The highest BCUT2D eigenvalue weighted by molar-refractivity contribution is 6.62. The van der Waals surface area contributed by atoms with Gasteiger partial charge < -0.3 is 14.2 Å². The lowest BCUT2D eigenvalue weighted by atomic mass is 9.79. The van der Waals surface area contributed by atoms with Crippen molar-refractivity contribution in [1.29, 1.82) is 0 Å². The topological polar surface area (TPSA) is 24.9 Å². The van der Waals surface area contributed by atoms with Gasteiger partial charge in [0.05, 0.1) is 11.2 Å². The van der Waals surface area contributed by atoms with E-state index >= 15 is 0 Å². The summed E-state index contributed by atoms with van der Waals surface area (Å²) in [7, 11) is 4.08. The monoisotopic (exact) mass is 330 g/mol. The molecule has 5 heteroatoms. The molecular weight excluding hydrogens is 299 g/mol. The average molecular weight is 330 g/mol. The van der Waals surface area contributed by atoms with Gasteiger partial charge in [0.2, 0.25) is 0 Å². The standard InChI is InChI=1S/C19H31BN2O2/c1-18(2)19(3,4)24-20(23-18)16-9-7-15(8-10-16)13-22-12-11-17(14-22)21(5)6/h7-10,17H,11-14H2,1-6H3/t17-/m1/s1. The number of likely N-dealkylation sites (tertiary alicyclic amines) is 1. The molecule has 0 bridgehead atoms. The fourth-order valence-corrected chi connectivity index (χ4v) is 3.39. The molecule has 0 aliphatic carbocycles. The molecule has 0 amide bonds. The average Bonchev–Trinajstić information content (AvgIpc) is 3.03. The van der Waals surface area contributed by atoms with Crippen LogP contribution >= 0.6 is 0 Å². The first-order valence-corrected chi connectivity index (χ1v) is 9.01. The number of hydrogen-bond donors (Lipinski definition) is 0. The van der Waals surface area contributed by atoms with E-state index in [0.29, 0.717) is 6.04 Å². The van der Waals surface area contributed by atoms with Crippen molar-refractivity contribution < 1.29 is 9.31 Å². The predicted octanol–water partition coefficient (Wildman–Crippen LogP) is 2.12. The summed E-state index contributed by atoms with van der Waals surface area (Å²) in [6.07, 6.45) is 1.26. The van der Waals surface area contributed by atoms with E-state index in [9.17, 15) is 0 Å². The molecule has 0 radical (unpaired) electrons. The summed E-state index contributed by atoms with van der Waals surface area (Å²) in [6.45, 7) is 11.7. The van der Waals surface area contributed by atoms with Gasteiger partial charge in [-0.05, 0) is 59.2 Å². The van der Waals surface area contributed by atoms with Crippen LogP contribution < -0.4 is 5.46 Å². The van der Waals surface area contributed by atoms with Crippen molar-refractivity contribution in [2.24, 2.45) is 0 Å². The minimum atomic E-state index is -0.285. The van der Waals surface area contributed by atoms with Gasteiger partial charge in [0.15, 0.2) is 0 Å². The molecular formula is C19H31BN2O2. The summed E-state index contributed by atoms with van der Waals surface area (Å²) in [5, 5.41) is 0. The zero-order chi connectivity index (χ0) is 17.5. The van der Waals surface area contributed by atoms with E-state index in [2.05, 4.69) is 75.9 Å². The fraction of sp³-hybridized carbons (Fsp3) is 0.684. The quantitative estimate of drug-likeness (QED) is 0.790. The molecule has 2 fully saturated rings. The van der Waals surface area contributed by atoms with Crippen LogP contribution in [-0.4, -0.2) is 61.3 Å². The van der Waals surface area contributed by atoms with Crippen LogP contribution in [0.2, 0.25) is 0 Å². The van der Waals surface area contributed by atoms with Gasteiger partial charge in [0.25, 0.3) is 0 Å². The van der Waals surface area contributed by atoms with Gasteiger partial charge in [0, 0.05) is 25.7 Å². The lowest BCUT2D eigenvalue weighted by molar-refractivity contribution is 0.00578. The van der Waals surface area contributed by atoms with Crippen LogP contribution in [0.4, 0.5) is 0 Å². The minimum Gasteiger partial charge on any atom is -0.399 e. The summed E-state index contributed by atoms with van der Waals surface area (Å²) >= 11 is 0. The van der Waals surface area contributed by atoms with Crippen molar-refractivity contribution in [3.05, 3.63) is 29.8 Å². The molecule has 132 valence electrons. The van der Waals surface area contributed by atoms with Gasteiger partial charge in [-0.3, -0.25) is 4.90 Å². The van der Waals surface area contributed by atoms with E-state index in [-0.39, 0.29) is 18.3 Å². The molecule has 0 N–H and O–H groups in total. The molecule has 3 rings (SSSR count). The Balaban J connectivity index is 1.61. The van der Waals surface area contributed by atoms with Gasteiger partial charge in [-0.25, -0.2) is 0 Å². The van der Waals surface area contributed by atoms with Gasteiger partial charge in [-0.15, -0.1) is 0 Å². The van der Waals surface area contributed by atoms with Gasteiger partial charge in [0.1, 0.15) is 0 Å². The maximum absolute atomic E-state index is 6.13. The summed E-state index contributed by atoms with van der Waals surface area (Å²) < 4.78 is 12.3. The lowest BCUT2D eigenvalue weighted by Gasteiger charge is -2.32. The highest BCUT2D eigenvalue weighted by Crippen LogP contribution is 2.36. The smallest absolute Gasteiger partial charge is 0.399 e. The molecule has 0 saturated carbocycles. The summed E-state index contributed by atoms with van der Waals surface area (Å²) in [4.78, 5) is 4.87. The highest BCUT2D eigenvalue weighted by atomic mass is 16.7. The Hall–Kier alpha value is -0.875. The third-order valence-electron chi connectivity index (χ3n) is 5.89. The van der Waals surface area contributed by atoms with E-state index in [1.165, 1.54) is 18.5 Å².